The van der Waals surface area contributed by atoms with Crippen LogP contribution in [0.15, 0.2) is 5.11 Å². The molecular weight excluding hydrogens is 210 g/mol. The van der Waals surface area contributed by atoms with E-state index in [-0.39, 0.29) is 17.9 Å². The molecule has 1 aliphatic heterocycles. The van der Waals surface area contributed by atoms with Crippen LogP contribution in [0.5, 0.6) is 0 Å². The number of nitrogens with one attached hydrogen (secondary N) is 2. The van der Waals surface area contributed by atoms with E-state index in [2.05, 4.69) is 20.7 Å². The lowest BCUT2D eigenvalue weighted by molar-refractivity contribution is -0.125. The maximum atomic E-state index is 11.5. The minimum Gasteiger partial charge on any atom is -0.354 e. The molecule has 7 heteroatoms. The molecule has 1 fully saturated rings. The van der Waals surface area contributed by atoms with Gasteiger partial charge in [0.25, 0.3) is 0 Å². The number of hydrogen-bond acceptors (Lipinski definition) is 3. The molecule has 0 aliphatic carbocycles. The fourth-order valence-electron chi connectivity index (χ4n) is 1.50. The van der Waals surface area contributed by atoms with Crippen molar-refractivity contribution in [2.75, 3.05) is 13.1 Å². The van der Waals surface area contributed by atoms with E-state index in [0.717, 1.165) is 12.8 Å². The SMILES string of the molecule is [N-]=[N+]=NCCCCNC(=O)[C@H]1CCC(=O)N1. The predicted octanol–water partition coefficient (Wildman–Crippen LogP) is 0.472. The van der Waals surface area contributed by atoms with Gasteiger partial charge in [-0.3, -0.25) is 9.59 Å². The van der Waals surface area contributed by atoms with Crippen molar-refractivity contribution in [1.82, 2.24) is 10.6 Å². The zero-order valence-corrected chi connectivity index (χ0v) is 8.98. The molecule has 0 unspecified atom stereocenters. The lowest BCUT2D eigenvalue weighted by Crippen LogP contribution is -2.41. The average molecular weight is 225 g/mol. The van der Waals surface area contributed by atoms with Gasteiger partial charge in [-0.05, 0) is 24.8 Å². The molecule has 0 bridgehead atoms. The number of hydrogen-bond donors (Lipinski definition) is 2. The molecule has 0 aromatic carbocycles. The molecule has 1 rings (SSSR count). The van der Waals surface area contributed by atoms with Crippen molar-refractivity contribution in [3.63, 3.8) is 0 Å². The Morgan fingerprint density at radius 2 is 2.44 bits per heavy atom. The van der Waals surface area contributed by atoms with Gasteiger partial charge in [0.2, 0.25) is 11.8 Å². The van der Waals surface area contributed by atoms with Gasteiger partial charge in [0.15, 0.2) is 0 Å². The van der Waals surface area contributed by atoms with Crippen LogP contribution in [-0.2, 0) is 9.59 Å². The van der Waals surface area contributed by atoms with E-state index in [0.29, 0.717) is 25.9 Å². The monoisotopic (exact) mass is 225 g/mol. The van der Waals surface area contributed by atoms with Gasteiger partial charge >= 0.3 is 0 Å². The van der Waals surface area contributed by atoms with E-state index >= 15 is 0 Å². The third kappa shape index (κ3) is 4.18. The molecule has 0 radical (unpaired) electrons. The number of nitrogens with zero attached hydrogens (tertiary/aromatic N) is 3. The highest BCUT2D eigenvalue weighted by Crippen LogP contribution is 2.06. The number of carbonyl (C=O) groups is 2. The molecule has 0 aromatic rings. The summed E-state index contributed by atoms with van der Waals surface area (Å²) in [4.78, 5) is 25.0. The van der Waals surface area contributed by atoms with E-state index in [9.17, 15) is 9.59 Å². The molecule has 0 saturated carbocycles. The molecule has 2 amide bonds. The highest BCUT2D eigenvalue weighted by Gasteiger charge is 2.26. The standard InChI is InChI=1S/C9H15N5O2/c10-14-12-6-2-1-5-11-9(16)7-3-4-8(15)13-7/h7H,1-6H2,(H,11,16)(H,13,15)/t7-/m1/s1. The Kier molecular flexibility index (Phi) is 5.15. The molecule has 7 nitrogen and oxygen atoms in total. The summed E-state index contributed by atoms with van der Waals surface area (Å²) in [5, 5.41) is 8.72. The van der Waals surface area contributed by atoms with Crippen molar-refractivity contribution in [2.24, 2.45) is 5.11 Å². The molecule has 1 heterocycles. The second kappa shape index (κ2) is 6.68. The Morgan fingerprint density at radius 1 is 1.62 bits per heavy atom. The van der Waals surface area contributed by atoms with Crippen LogP contribution in [0.3, 0.4) is 0 Å². The molecule has 0 aromatic heterocycles. The lowest BCUT2D eigenvalue weighted by Gasteiger charge is -2.10. The largest absolute Gasteiger partial charge is 0.354 e. The number of rotatable bonds is 6. The number of amides is 2. The topological polar surface area (TPSA) is 107 Å². The van der Waals surface area contributed by atoms with Crippen molar-refractivity contribution >= 4 is 11.8 Å². The quantitative estimate of drug-likeness (QED) is 0.296. The number of unbranched alkanes of at least 4 members (excludes halogenated alkanes) is 1. The molecular formula is C9H15N5O2. The van der Waals surface area contributed by atoms with Crippen molar-refractivity contribution in [2.45, 2.75) is 31.7 Å². The molecule has 0 spiro atoms. The van der Waals surface area contributed by atoms with Crippen molar-refractivity contribution in [3.8, 4) is 0 Å². The van der Waals surface area contributed by atoms with Gasteiger partial charge in [-0.2, -0.15) is 0 Å². The maximum Gasteiger partial charge on any atom is 0.242 e. The van der Waals surface area contributed by atoms with Gasteiger partial charge in [0.05, 0.1) is 0 Å². The predicted molar refractivity (Wildman–Crippen MR) is 57.4 cm³/mol. The van der Waals surface area contributed by atoms with Crippen LogP contribution in [-0.4, -0.2) is 30.9 Å². The fraction of sp³-hybridized carbons (Fsp3) is 0.778. The van der Waals surface area contributed by atoms with Crippen LogP contribution >= 0.6 is 0 Å². The third-order valence-corrected chi connectivity index (χ3v) is 2.36. The van der Waals surface area contributed by atoms with Gasteiger partial charge in [0.1, 0.15) is 6.04 Å². The zero-order valence-electron chi connectivity index (χ0n) is 8.98. The summed E-state index contributed by atoms with van der Waals surface area (Å²) in [6.07, 6.45) is 2.52. The molecule has 2 N–H and O–H groups in total. The van der Waals surface area contributed by atoms with E-state index in [1.54, 1.807) is 0 Å². The van der Waals surface area contributed by atoms with E-state index < -0.39 is 0 Å². The maximum absolute atomic E-state index is 11.5. The summed E-state index contributed by atoms with van der Waals surface area (Å²) in [5.74, 6) is -0.196. The highest BCUT2D eigenvalue weighted by molar-refractivity contribution is 5.90. The molecule has 88 valence electrons. The molecule has 16 heavy (non-hydrogen) atoms. The highest BCUT2D eigenvalue weighted by atomic mass is 16.2. The van der Waals surface area contributed by atoms with Crippen LogP contribution < -0.4 is 10.6 Å². The van der Waals surface area contributed by atoms with Crippen molar-refractivity contribution in [1.29, 1.82) is 0 Å². The minimum absolute atomic E-state index is 0.0662. The van der Waals surface area contributed by atoms with E-state index in [4.69, 9.17) is 5.53 Å². The zero-order chi connectivity index (χ0) is 11.8. The van der Waals surface area contributed by atoms with Crippen LogP contribution in [0, 0.1) is 0 Å². The Morgan fingerprint density at radius 3 is 3.06 bits per heavy atom. The Balaban J connectivity index is 2.06. The van der Waals surface area contributed by atoms with Crippen molar-refractivity contribution < 1.29 is 9.59 Å². The fourth-order valence-corrected chi connectivity index (χ4v) is 1.50. The van der Waals surface area contributed by atoms with Gasteiger partial charge in [-0.25, -0.2) is 0 Å². The summed E-state index contributed by atoms with van der Waals surface area (Å²) < 4.78 is 0. The number of azide groups is 1. The van der Waals surface area contributed by atoms with Crippen LogP contribution in [0.4, 0.5) is 0 Å². The van der Waals surface area contributed by atoms with E-state index in [1.807, 2.05) is 0 Å². The molecule has 1 aliphatic rings. The Hall–Kier alpha value is -1.75. The van der Waals surface area contributed by atoms with Crippen molar-refractivity contribution in [3.05, 3.63) is 10.4 Å². The second-order valence-corrected chi connectivity index (χ2v) is 3.61. The molecule has 1 atom stereocenters. The first-order valence-electron chi connectivity index (χ1n) is 5.32. The molecule has 1 saturated heterocycles. The Labute approximate surface area is 93.2 Å². The van der Waals surface area contributed by atoms with Crippen LogP contribution in [0.2, 0.25) is 0 Å². The number of carbonyl (C=O) groups excluding carboxylic acids is 2. The van der Waals surface area contributed by atoms with Crippen LogP contribution in [0.25, 0.3) is 10.4 Å². The minimum atomic E-state index is -0.371. The van der Waals surface area contributed by atoms with Crippen LogP contribution in [0.1, 0.15) is 25.7 Å². The van der Waals surface area contributed by atoms with E-state index in [1.165, 1.54) is 0 Å². The van der Waals surface area contributed by atoms with Gasteiger partial charge < -0.3 is 10.6 Å². The summed E-state index contributed by atoms with van der Waals surface area (Å²) in [5.41, 5.74) is 8.03. The first kappa shape index (κ1) is 12.3. The summed E-state index contributed by atoms with van der Waals surface area (Å²) in [6.45, 7) is 0.999. The first-order valence-corrected chi connectivity index (χ1v) is 5.32. The summed E-state index contributed by atoms with van der Waals surface area (Å²) in [6, 6.07) is -0.371. The average Bonchev–Trinajstić information content (AvgIpc) is 2.70. The normalized spacial score (nSPS) is 18.8. The van der Waals surface area contributed by atoms with Gasteiger partial charge in [-0.1, -0.05) is 5.11 Å². The summed E-state index contributed by atoms with van der Waals surface area (Å²) >= 11 is 0. The first-order chi connectivity index (χ1) is 7.74. The summed E-state index contributed by atoms with van der Waals surface area (Å²) in [7, 11) is 0. The Bertz CT molecular complexity index is 311. The van der Waals surface area contributed by atoms with Gasteiger partial charge in [0, 0.05) is 24.4 Å². The second-order valence-electron chi connectivity index (χ2n) is 3.61. The smallest absolute Gasteiger partial charge is 0.242 e. The van der Waals surface area contributed by atoms with Gasteiger partial charge in [-0.15, -0.1) is 0 Å². The lowest BCUT2D eigenvalue weighted by atomic mass is 10.2. The third-order valence-electron chi connectivity index (χ3n) is 2.36.